The van der Waals surface area contributed by atoms with Gasteiger partial charge in [0.05, 0.1) is 16.4 Å². The topological polar surface area (TPSA) is 72.8 Å². The van der Waals surface area contributed by atoms with E-state index in [9.17, 15) is 0 Å². The van der Waals surface area contributed by atoms with E-state index < -0.39 is 0 Å². The van der Waals surface area contributed by atoms with Crippen LogP contribution in [-0.4, -0.2) is 33.6 Å². The normalized spacial score (nSPS) is 10.5. The second-order valence-electron chi connectivity index (χ2n) is 4.38. The lowest BCUT2D eigenvalue weighted by Gasteiger charge is -2.11. The zero-order valence-electron chi connectivity index (χ0n) is 12.4. The summed E-state index contributed by atoms with van der Waals surface area (Å²) in [4.78, 5) is 17.4. The molecule has 0 saturated carbocycles. The SMILES string of the molecule is CCCNc1nc(-c2cc(OC)ncn2)nc(CC)c1I. The van der Waals surface area contributed by atoms with Gasteiger partial charge in [-0.15, -0.1) is 0 Å². The number of aromatic nitrogens is 4. The number of hydrogen-bond acceptors (Lipinski definition) is 6. The van der Waals surface area contributed by atoms with Crippen molar-refractivity contribution in [3.63, 3.8) is 0 Å². The molecule has 2 aromatic rings. The molecule has 2 aromatic heterocycles. The standard InChI is InChI=1S/C14H18IN5O/c1-4-6-16-14-12(15)9(5-2)19-13(20-14)10-7-11(21-3)18-8-17-10/h7-8H,4-6H2,1-3H3,(H,16,19,20). The number of nitrogens with zero attached hydrogens (tertiary/aromatic N) is 4. The highest BCUT2D eigenvalue weighted by Gasteiger charge is 2.13. The van der Waals surface area contributed by atoms with E-state index in [1.807, 2.05) is 0 Å². The predicted octanol–water partition coefficient (Wildman–Crippen LogP) is 2.93. The molecule has 6 nitrogen and oxygen atoms in total. The van der Waals surface area contributed by atoms with E-state index in [2.05, 4.69) is 61.7 Å². The van der Waals surface area contributed by atoms with Crippen molar-refractivity contribution >= 4 is 28.4 Å². The van der Waals surface area contributed by atoms with Gasteiger partial charge in [0.25, 0.3) is 0 Å². The smallest absolute Gasteiger partial charge is 0.216 e. The summed E-state index contributed by atoms with van der Waals surface area (Å²) in [6.07, 6.45) is 3.34. The second kappa shape index (κ2) is 7.48. The van der Waals surface area contributed by atoms with Crippen LogP contribution >= 0.6 is 22.6 Å². The van der Waals surface area contributed by atoms with Gasteiger partial charge in [0, 0.05) is 12.6 Å². The Hall–Kier alpha value is -1.51. The van der Waals surface area contributed by atoms with Gasteiger partial charge in [-0.25, -0.2) is 19.9 Å². The summed E-state index contributed by atoms with van der Waals surface area (Å²) in [5.74, 6) is 1.95. The van der Waals surface area contributed by atoms with Crippen LogP contribution in [0.1, 0.15) is 26.0 Å². The van der Waals surface area contributed by atoms with Crippen LogP contribution in [0.25, 0.3) is 11.5 Å². The molecule has 2 heterocycles. The highest BCUT2D eigenvalue weighted by molar-refractivity contribution is 14.1. The monoisotopic (exact) mass is 399 g/mol. The van der Waals surface area contributed by atoms with Gasteiger partial charge in [-0.05, 0) is 35.4 Å². The Labute approximate surface area is 137 Å². The number of rotatable bonds is 6. The molecule has 0 atom stereocenters. The van der Waals surface area contributed by atoms with Crippen molar-refractivity contribution in [1.82, 2.24) is 19.9 Å². The van der Waals surface area contributed by atoms with Crippen molar-refractivity contribution in [3.8, 4) is 17.4 Å². The summed E-state index contributed by atoms with van der Waals surface area (Å²) >= 11 is 2.29. The molecule has 0 spiro atoms. The van der Waals surface area contributed by atoms with E-state index in [1.54, 1.807) is 13.2 Å². The van der Waals surface area contributed by atoms with Crippen LogP contribution in [0.5, 0.6) is 5.88 Å². The van der Waals surface area contributed by atoms with Crippen molar-refractivity contribution in [2.24, 2.45) is 0 Å². The van der Waals surface area contributed by atoms with Gasteiger partial charge in [0.2, 0.25) is 5.88 Å². The van der Waals surface area contributed by atoms with E-state index in [0.29, 0.717) is 17.4 Å². The molecule has 0 unspecified atom stereocenters. The summed E-state index contributed by atoms with van der Waals surface area (Å²) in [5, 5.41) is 3.34. The molecule has 0 aliphatic rings. The van der Waals surface area contributed by atoms with Crippen LogP contribution in [0.15, 0.2) is 12.4 Å². The fourth-order valence-electron chi connectivity index (χ4n) is 1.78. The van der Waals surface area contributed by atoms with Gasteiger partial charge in [-0.3, -0.25) is 0 Å². The molecule has 0 bridgehead atoms. The summed E-state index contributed by atoms with van der Waals surface area (Å²) in [5.41, 5.74) is 1.67. The highest BCUT2D eigenvalue weighted by Crippen LogP contribution is 2.24. The first kappa shape index (κ1) is 15.9. The Balaban J connectivity index is 2.47. The number of nitrogens with one attached hydrogen (secondary N) is 1. The molecule has 0 radical (unpaired) electrons. The van der Waals surface area contributed by atoms with Gasteiger partial charge in [-0.1, -0.05) is 13.8 Å². The van der Waals surface area contributed by atoms with Crippen molar-refractivity contribution < 1.29 is 4.74 Å². The van der Waals surface area contributed by atoms with Crippen molar-refractivity contribution in [2.45, 2.75) is 26.7 Å². The molecule has 0 fully saturated rings. The largest absolute Gasteiger partial charge is 0.481 e. The van der Waals surface area contributed by atoms with Gasteiger partial charge >= 0.3 is 0 Å². The number of ether oxygens (including phenoxy) is 1. The van der Waals surface area contributed by atoms with Crippen LogP contribution in [0.3, 0.4) is 0 Å². The van der Waals surface area contributed by atoms with E-state index >= 15 is 0 Å². The van der Waals surface area contributed by atoms with Crippen LogP contribution in [0, 0.1) is 3.57 Å². The average Bonchev–Trinajstić information content (AvgIpc) is 2.54. The molecule has 112 valence electrons. The average molecular weight is 399 g/mol. The zero-order chi connectivity index (χ0) is 15.2. The van der Waals surface area contributed by atoms with Crippen LogP contribution in [0.2, 0.25) is 0 Å². The lowest BCUT2D eigenvalue weighted by Crippen LogP contribution is -2.09. The summed E-state index contributed by atoms with van der Waals surface area (Å²) in [6, 6.07) is 1.74. The van der Waals surface area contributed by atoms with Gasteiger partial charge in [0.15, 0.2) is 5.82 Å². The maximum atomic E-state index is 5.13. The predicted molar refractivity (Wildman–Crippen MR) is 90.5 cm³/mol. The van der Waals surface area contributed by atoms with E-state index in [-0.39, 0.29) is 0 Å². The molecular weight excluding hydrogens is 381 g/mol. The minimum absolute atomic E-state index is 0.503. The molecule has 0 aliphatic heterocycles. The first-order valence-electron chi connectivity index (χ1n) is 6.86. The summed E-state index contributed by atoms with van der Waals surface area (Å²) in [6.45, 7) is 5.08. The molecule has 0 aliphatic carbocycles. The van der Waals surface area contributed by atoms with Gasteiger partial charge in [-0.2, -0.15) is 0 Å². The minimum atomic E-state index is 0.503. The van der Waals surface area contributed by atoms with Gasteiger partial charge < -0.3 is 10.1 Å². The zero-order valence-corrected chi connectivity index (χ0v) is 14.5. The lowest BCUT2D eigenvalue weighted by molar-refractivity contribution is 0.397. The second-order valence-corrected chi connectivity index (χ2v) is 5.46. The molecule has 0 amide bonds. The quantitative estimate of drug-likeness (QED) is 0.754. The Morgan fingerprint density at radius 2 is 2.05 bits per heavy atom. The van der Waals surface area contributed by atoms with E-state index in [0.717, 1.165) is 34.5 Å². The molecule has 7 heteroatoms. The Bertz CT molecular complexity index is 620. The Morgan fingerprint density at radius 3 is 2.71 bits per heavy atom. The van der Waals surface area contributed by atoms with Gasteiger partial charge in [0.1, 0.15) is 17.8 Å². The highest BCUT2D eigenvalue weighted by atomic mass is 127. The Morgan fingerprint density at radius 1 is 1.24 bits per heavy atom. The number of hydrogen-bond donors (Lipinski definition) is 1. The van der Waals surface area contributed by atoms with Crippen molar-refractivity contribution in [1.29, 1.82) is 0 Å². The third-order valence-electron chi connectivity index (χ3n) is 2.88. The summed E-state index contributed by atoms with van der Waals surface area (Å²) in [7, 11) is 1.58. The van der Waals surface area contributed by atoms with Crippen LogP contribution < -0.4 is 10.1 Å². The Kier molecular flexibility index (Phi) is 5.66. The van der Waals surface area contributed by atoms with Crippen LogP contribution in [0.4, 0.5) is 5.82 Å². The number of halogens is 1. The third kappa shape index (κ3) is 3.78. The molecular formula is C14H18IN5O. The van der Waals surface area contributed by atoms with Crippen LogP contribution in [-0.2, 0) is 6.42 Å². The summed E-state index contributed by atoms with van der Waals surface area (Å²) < 4.78 is 6.19. The first-order valence-corrected chi connectivity index (χ1v) is 7.94. The minimum Gasteiger partial charge on any atom is -0.481 e. The maximum absolute atomic E-state index is 5.13. The first-order chi connectivity index (χ1) is 10.2. The number of anilines is 1. The molecule has 2 rings (SSSR count). The molecule has 21 heavy (non-hydrogen) atoms. The molecule has 0 aromatic carbocycles. The molecule has 0 saturated heterocycles. The fourth-order valence-corrected chi connectivity index (χ4v) is 2.59. The van der Waals surface area contributed by atoms with E-state index in [1.165, 1.54) is 6.33 Å². The lowest BCUT2D eigenvalue weighted by atomic mass is 10.3. The number of methoxy groups -OCH3 is 1. The third-order valence-corrected chi connectivity index (χ3v) is 4.01. The number of aryl methyl sites for hydroxylation is 1. The molecule has 1 N–H and O–H groups in total. The maximum Gasteiger partial charge on any atom is 0.216 e. The van der Waals surface area contributed by atoms with E-state index in [4.69, 9.17) is 4.74 Å². The van der Waals surface area contributed by atoms with Crippen molar-refractivity contribution in [3.05, 3.63) is 21.7 Å². The fraction of sp³-hybridized carbons (Fsp3) is 0.429. The van der Waals surface area contributed by atoms with Crippen molar-refractivity contribution in [2.75, 3.05) is 19.0 Å².